The van der Waals surface area contributed by atoms with E-state index in [2.05, 4.69) is 0 Å². The van der Waals surface area contributed by atoms with Crippen molar-refractivity contribution >= 4 is 39.5 Å². The topological polar surface area (TPSA) is 69.7 Å². The maximum absolute atomic E-state index is 13.8. The Morgan fingerprint density at radius 2 is 1.65 bits per heavy atom. The van der Waals surface area contributed by atoms with E-state index >= 15 is 0 Å². The van der Waals surface area contributed by atoms with Crippen LogP contribution < -0.4 is 10.2 Å². The molecule has 0 aliphatic heterocycles. The van der Waals surface area contributed by atoms with Crippen LogP contribution in [0.15, 0.2) is 86.4 Å². The monoisotopic (exact) mass is 484 g/mol. The highest BCUT2D eigenvalue weighted by molar-refractivity contribution is 6.31. The van der Waals surface area contributed by atoms with Crippen molar-refractivity contribution in [2.75, 3.05) is 0 Å². The van der Waals surface area contributed by atoms with E-state index in [4.69, 9.17) is 25.2 Å². The van der Waals surface area contributed by atoms with Gasteiger partial charge in [-0.15, -0.1) is 0 Å². The third kappa shape index (κ3) is 3.92. The Morgan fingerprint density at radius 3 is 2.38 bits per heavy atom. The van der Waals surface area contributed by atoms with Crippen LogP contribution in [-0.4, -0.2) is 5.97 Å². The molecule has 0 saturated carbocycles. The van der Waals surface area contributed by atoms with Crippen molar-refractivity contribution < 1.29 is 31.5 Å². The first-order valence-electron chi connectivity index (χ1n) is 9.85. The molecule has 0 aliphatic carbocycles. The largest absolute Gasteiger partial charge is 0.450 e. The highest BCUT2D eigenvalue weighted by Gasteiger charge is 2.39. The number of benzene rings is 3. The molecule has 0 radical (unpaired) electrons. The third-order valence-corrected chi connectivity index (χ3v) is 5.31. The SMILES string of the molecule is O=C(Oc1ccc2c(=O)c(-c3ccccc3)c(C(F)(F)F)oc2c1)c1cc2cc(Cl)ccc2o1. The number of esters is 1. The molecule has 5 nitrogen and oxygen atoms in total. The van der Waals surface area contributed by atoms with Crippen LogP contribution in [0, 0.1) is 0 Å². The van der Waals surface area contributed by atoms with E-state index in [9.17, 15) is 22.8 Å². The molecule has 170 valence electrons. The van der Waals surface area contributed by atoms with Crippen LogP contribution in [0.25, 0.3) is 33.1 Å². The Labute approximate surface area is 193 Å². The number of hydrogen-bond acceptors (Lipinski definition) is 5. The first kappa shape index (κ1) is 21.8. The third-order valence-electron chi connectivity index (χ3n) is 5.07. The fourth-order valence-electron chi connectivity index (χ4n) is 3.58. The number of carbonyl (C=O) groups excluding carboxylic acids is 1. The standard InChI is InChI=1S/C25H12ClF3O5/c26-15-6-9-18-14(10-15)11-20(33-18)24(31)32-16-7-8-17-19(12-16)34-23(25(27,28)29)21(22(17)30)13-4-2-1-3-5-13/h1-12H. The zero-order valence-electron chi connectivity index (χ0n) is 17.0. The van der Waals surface area contributed by atoms with E-state index in [1.54, 1.807) is 24.3 Å². The predicted molar refractivity (Wildman–Crippen MR) is 119 cm³/mol. The van der Waals surface area contributed by atoms with Gasteiger partial charge >= 0.3 is 12.1 Å². The molecule has 0 atom stereocenters. The van der Waals surface area contributed by atoms with Crippen LogP contribution in [-0.2, 0) is 6.18 Å². The lowest BCUT2D eigenvalue weighted by Crippen LogP contribution is -2.16. The molecule has 5 aromatic rings. The van der Waals surface area contributed by atoms with E-state index in [0.29, 0.717) is 16.0 Å². The summed E-state index contributed by atoms with van der Waals surface area (Å²) in [6.45, 7) is 0. The molecule has 34 heavy (non-hydrogen) atoms. The number of fused-ring (bicyclic) bond motifs is 2. The lowest BCUT2D eigenvalue weighted by atomic mass is 10.0. The van der Waals surface area contributed by atoms with Crippen LogP contribution >= 0.6 is 11.6 Å². The molecular weight excluding hydrogens is 473 g/mol. The molecule has 0 unspecified atom stereocenters. The van der Waals surface area contributed by atoms with Crippen molar-refractivity contribution in [3.63, 3.8) is 0 Å². The highest BCUT2D eigenvalue weighted by Crippen LogP contribution is 2.37. The molecule has 5 rings (SSSR count). The minimum Gasteiger partial charge on any atom is -0.450 e. The van der Waals surface area contributed by atoms with Gasteiger partial charge in [0.05, 0.1) is 10.9 Å². The van der Waals surface area contributed by atoms with Crippen LogP contribution in [0.1, 0.15) is 16.3 Å². The van der Waals surface area contributed by atoms with Crippen molar-refractivity contribution in [1.29, 1.82) is 0 Å². The fraction of sp³-hybridized carbons (Fsp3) is 0.0400. The lowest BCUT2D eigenvalue weighted by Gasteiger charge is -2.13. The summed E-state index contributed by atoms with van der Waals surface area (Å²) in [4.78, 5) is 25.5. The van der Waals surface area contributed by atoms with E-state index < -0.39 is 28.9 Å². The van der Waals surface area contributed by atoms with Crippen molar-refractivity contribution in [3.05, 3.63) is 99.6 Å². The first-order valence-corrected chi connectivity index (χ1v) is 10.2. The smallest absolute Gasteiger partial charge is 0.450 e. The molecule has 0 aliphatic rings. The second-order valence-electron chi connectivity index (χ2n) is 7.34. The van der Waals surface area contributed by atoms with Crippen LogP contribution in [0.2, 0.25) is 5.02 Å². The summed E-state index contributed by atoms with van der Waals surface area (Å²) in [7, 11) is 0. The Morgan fingerprint density at radius 1 is 0.882 bits per heavy atom. The van der Waals surface area contributed by atoms with Crippen molar-refractivity contribution in [3.8, 4) is 16.9 Å². The molecule has 0 N–H and O–H groups in total. The Kier molecular flexibility index (Phi) is 5.17. The average molecular weight is 485 g/mol. The zero-order valence-corrected chi connectivity index (χ0v) is 17.7. The Bertz CT molecular complexity index is 1620. The van der Waals surface area contributed by atoms with E-state index in [-0.39, 0.29) is 28.0 Å². The van der Waals surface area contributed by atoms with Crippen LogP contribution in [0.4, 0.5) is 13.2 Å². The summed E-state index contributed by atoms with van der Waals surface area (Å²) < 4.78 is 57.1. The van der Waals surface area contributed by atoms with Crippen LogP contribution in [0.5, 0.6) is 5.75 Å². The van der Waals surface area contributed by atoms with E-state index in [0.717, 1.165) is 6.07 Å². The van der Waals surface area contributed by atoms with Gasteiger partial charge in [0.15, 0.2) is 0 Å². The molecular formula is C25H12ClF3O5. The summed E-state index contributed by atoms with van der Waals surface area (Å²) in [5.74, 6) is -2.58. The molecule has 0 fully saturated rings. The number of carbonyl (C=O) groups is 1. The molecule has 2 aromatic heterocycles. The van der Waals surface area contributed by atoms with Crippen molar-refractivity contribution in [2.45, 2.75) is 6.18 Å². The molecule has 2 heterocycles. The van der Waals surface area contributed by atoms with Gasteiger partial charge in [0.25, 0.3) is 0 Å². The summed E-state index contributed by atoms with van der Waals surface area (Å²) in [6.07, 6.45) is -4.93. The maximum atomic E-state index is 13.8. The summed E-state index contributed by atoms with van der Waals surface area (Å²) in [5, 5.41) is 0.936. The minimum absolute atomic E-state index is 0.0750. The molecule has 0 saturated heterocycles. The normalized spacial score (nSPS) is 11.8. The molecule has 0 spiro atoms. The van der Waals surface area contributed by atoms with Gasteiger partial charge in [0.1, 0.15) is 16.9 Å². The van der Waals surface area contributed by atoms with Crippen molar-refractivity contribution in [1.82, 2.24) is 0 Å². The number of hydrogen-bond donors (Lipinski definition) is 0. The van der Waals surface area contributed by atoms with Gasteiger partial charge in [0.2, 0.25) is 16.9 Å². The molecule has 0 amide bonds. The summed E-state index contributed by atoms with van der Waals surface area (Å²) >= 11 is 5.93. The number of halogens is 4. The predicted octanol–water partition coefficient (Wildman–Crippen LogP) is 7.10. The van der Waals surface area contributed by atoms with Gasteiger partial charge in [-0.1, -0.05) is 41.9 Å². The molecule has 3 aromatic carbocycles. The highest BCUT2D eigenvalue weighted by atomic mass is 35.5. The van der Waals surface area contributed by atoms with Gasteiger partial charge in [-0.2, -0.15) is 13.2 Å². The second-order valence-corrected chi connectivity index (χ2v) is 7.78. The Balaban J connectivity index is 1.56. The first-order chi connectivity index (χ1) is 16.2. The molecule has 0 bridgehead atoms. The van der Waals surface area contributed by atoms with Crippen LogP contribution in [0.3, 0.4) is 0 Å². The van der Waals surface area contributed by atoms with Gasteiger partial charge in [-0.3, -0.25) is 4.79 Å². The maximum Gasteiger partial charge on any atom is 0.450 e. The average Bonchev–Trinajstić information content (AvgIpc) is 3.22. The lowest BCUT2D eigenvalue weighted by molar-refractivity contribution is -0.152. The number of alkyl halides is 3. The van der Waals surface area contributed by atoms with Gasteiger partial charge in [-0.25, -0.2) is 4.79 Å². The quantitative estimate of drug-likeness (QED) is 0.202. The second kappa shape index (κ2) is 8.07. The van der Waals surface area contributed by atoms with Gasteiger partial charge < -0.3 is 13.6 Å². The summed E-state index contributed by atoms with van der Waals surface area (Å²) in [5.41, 5.74) is -1.34. The molecule has 9 heteroatoms. The Hall–Kier alpha value is -4.04. The minimum atomic E-state index is -4.93. The van der Waals surface area contributed by atoms with E-state index in [1.165, 1.54) is 42.5 Å². The van der Waals surface area contributed by atoms with E-state index in [1.807, 2.05) is 0 Å². The number of furan rings is 1. The van der Waals surface area contributed by atoms with Gasteiger partial charge in [-0.05, 0) is 42.0 Å². The number of ether oxygens (including phenoxy) is 1. The van der Waals surface area contributed by atoms with Gasteiger partial charge in [0, 0.05) is 16.5 Å². The summed E-state index contributed by atoms with van der Waals surface area (Å²) in [6, 6.07) is 17.2. The van der Waals surface area contributed by atoms with Crippen molar-refractivity contribution in [2.24, 2.45) is 0 Å². The number of rotatable bonds is 3. The fourth-order valence-corrected chi connectivity index (χ4v) is 3.76. The zero-order chi connectivity index (χ0) is 24.0.